The summed E-state index contributed by atoms with van der Waals surface area (Å²) in [5.74, 6) is -0.942. The maximum absolute atomic E-state index is 13.2. The summed E-state index contributed by atoms with van der Waals surface area (Å²) in [5.41, 5.74) is 0.633. The summed E-state index contributed by atoms with van der Waals surface area (Å²) in [5, 5.41) is 10.3. The van der Waals surface area contributed by atoms with Crippen LogP contribution < -0.4 is 4.74 Å². The zero-order valence-corrected chi connectivity index (χ0v) is 11.3. The van der Waals surface area contributed by atoms with Crippen molar-refractivity contribution in [3.8, 4) is 5.75 Å². The molecule has 2 aromatic carbocycles. The van der Waals surface area contributed by atoms with Gasteiger partial charge in [-0.3, -0.25) is 0 Å². The molecular formula is C16H16F2O2. The molecule has 0 amide bonds. The van der Waals surface area contributed by atoms with Crippen molar-refractivity contribution in [3.63, 3.8) is 0 Å². The van der Waals surface area contributed by atoms with E-state index in [1.807, 2.05) is 13.8 Å². The normalized spacial score (nSPS) is 12.5. The molecule has 0 aliphatic heterocycles. The Morgan fingerprint density at radius 1 is 1.00 bits per heavy atom. The van der Waals surface area contributed by atoms with Gasteiger partial charge in [0.15, 0.2) is 0 Å². The van der Waals surface area contributed by atoms with E-state index in [2.05, 4.69) is 0 Å². The smallest absolute Gasteiger partial charge is 0.126 e. The molecule has 0 fully saturated rings. The Kier molecular flexibility index (Phi) is 4.35. The Labute approximate surface area is 116 Å². The molecule has 0 spiro atoms. The lowest BCUT2D eigenvalue weighted by atomic mass is 10.0. The summed E-state index contributed by atoms with van der Waals surface area (Å²) in [6.45, 7) is 3.73. The van der Waals surface area contributed by atoms with Crippen LogP contribution in [-0.2, 0) is 0 Å². The molecule has 0 aliphatic rings. The van der Waals surface area contributed by atoms with Crippen LogP contribution in [0.3, 0.4) is 0 Å². The monoisotopic (exact) mass is 278 g/mol. The Bertz CT molecular complexity index is 577. The average Bonchev–Trinajstić information content (AvgIpc) is 2.36. The van der Waals surface area contributed by atoms with Gasteiger partial charge in [0.2, 0.25) is 0 Å². The van der Waals surface area contributed by atoms with Crippen LogP contribution in [0.25, 0.3) is 0 Å². The lowest BCUT2D eigenvalue weighted by Gasteiger charge is -2.18. The van der Waals surface area contributed by atoms with Gasteiger partial charge in [-0.05, 0) is 37.6 Å². The van der Waals surface area contributed by atoms with E-state index in [4.69, 9.17) is 4.74 Å². The number of hydrogen-bond acceptors (Lipinski definition) is 2. The van der Waals surface area contributed by atoms with Gasteiger partial charge in [0.05, 0.1) is 6.10 Å². The summed E-state index contributed by atoms with van der Waals surface area (Å²) in [6, 6.07) is 9.90. The molecule has 2 rings (SSSR count). The highest BCUT2D eigenvalue weighted by Crippen LogP contribution is 2.31. The maximum Gasteiger partial charge on any atom is 0.126 e. The van der Waals surface area contributed by atoms with Gasteiger partial charge in [0, 0.05) is 11.6 Å². The average molecular weight is 278 g/mol. The van der Waals surface area contributed by atoms with Crippen molar-refractivity contribution in [2.45, 2.75) is 26.1 Å². The van der Waals surface area contributed by atoms with Crippen molar-refractivity contribution in [1.29, 1.82) is 0 Å². The molecule has 1 unspecified atom stereocenters. The fourth-order valence-corrected chi connectivity index (χ4v) is 1.98. The lowest BCUT2D eigenvalue weighted by Crippen LogP contribution is -2.10. The summed E-state index contributed by atoms with van der Waals surface area (Å²) in [4.78, 5) is 0. The molecule has 1 atom stereocenters. The largest absolute Gasteiger partial charge is 0.491 e. The predicted molar refractivity (Wildman–Crippen MR) is 72.6 cm³/mol. The fourth-order valence-electron chi connectivity index (χ4n) is 1.98. The highest BCUT2D eigenvalue weighted by Gasteiger charge is 2.17. The van der Waals surface area contributed by atoms with Crippen molar-refractivity contribution in [2.75, 3.05) is 0 Å². The Morgan fingerprint density at radius 3 is 2.20 bits per heavy atom. The van der Waals surface area contributed by atoms with E-state index >= 15 is 0 Å². The summed E-state index contributed by atoms with van der Waals surface area (Å²) in [7, 11) is 0. The van der Waals surface area contributed by atoms with E-state index < -0.39 is 17.7 Å². The second kappa shape index (κ2) is 6.01. The molecule has 0 aliphatic carbocycles. The number of hydrogen-bond donors (Lipinski definition) is 1. The molecule has 20 heavy (non-hydrogen) atoms. The van der Waals surface area contributed by atoms with Crippen LogP contribution in [0.4, 0.5) is 8.78 Å². The van der Waals surface area contributed by atoms with Gasteiger partial charge < -0.3 is 9.84 Å². The molecule has 0 bridgehead atoms. The summed E-state index contributed by atoms with van der Waals surface area (Å²) >= 11 is 0. The molecule has 0 aromatic heterocycles. The topological polar surface area (TPSA) is 29.5 Å². The van der Waals surface area contributed by atoms with Crippen LogP contribution in [0, 0.1) is 11.6 Å². The third kappa shape index (κ3) is 3.33. The zero-order valence-electron chi connectivity index (χ0n) is 11.3. The minimum absolute atomic E-state index is 0.0624. The van der Waals surface area contributed by atoms with Crippen LogP contribution in [0.15, 0.2) is 42.5 Å². The number of benzene rings is 2. The number of aliphatic hydroxyl groups excluding tert-OH is 1. The molecule has 106 valence electrons. The van der Waals surface area contributed by atoms with Crippen molar-refractivity contribution < 1.29 is 18.6 Å². The molecule has 4 heteroatoms. The highest BCUT2D eigenvalue weighted by molar-refractivity contribution is 5.40. The lowest BCUT2D eigenvalue weighted by molar-refractivity contribution is 0.197. The molecule has 0 saturated heterocycles. The Hall–Kier alpha value is -1.94. The van der Waals surface area contributed by atoms with E-state index in [9.17, 15) is 13.9 Å². The first kappa shape index (κ1) is 14.5. The minimum atomic E-state index is -1.14. The van der Waals surface area contributed by atoms with Gasteiger partial charge in [-0.1, -0.05) is 18.2 Å². The van der Waals surface area contributed by atoms with Gasteiger partial charge in [-0.15, -0.1) is 0 Å². The molecule has 1 N–H and O–H groups in total. The first-order valence-corrected chi connectivity index (χ1v) is 6.37. The van der Waals surface area contributed by atoms with Gasteiger partial charge in [-0.25, -0.2) is 8.78 Å². The van der Waals surface area contributed by atoms with Crippen molar-refractivity contribution in [3.05, 3.63) is 65.2 Å². The Balaban J connectivity index is 2.39. The standard InChI is InChI=1S/C16H16F2O2/c1-10(2)20-15-6-4-3-5-14(15)16(19)11-7-12(17)9-13(18)8-11/h3-10,16,19H,1-2H3. The Morgan fingerprint density at radius 2 is 1.60 bits per heavy atom. The molecule has 2 aromatic rings. The van der Waals surface area contributed by atoms with Gasteiger partial charge >= 0.3 is 0 Å². The van der Waals surface area contributed by atoms with Crippen LogP contribution in [0.2, 0.25) is 0 Å². The first-order chi connectivity index (χ1) is 9.47. The van der Waals surface area contributed by atoms with Gasteiger partial charge in [0.25, 0.3) is 0 Å². The van der Waals surface area contributed by atoms with Crippen molar-refractivity contribution in [2.24, 2.45) is 0 Å². The molecular weight excluding hydrogens is 262 g/mol. The van der Waals surface area contributed by atoms with E-state index in [0.29, 0.717) is 11.3 Å². The molecule has 0 radical (unpaired) electrons. The number of aliphatic hydroxyl groups is 1. The van der Waals surface area contributed by atoms with Crippen molar-refractivity contribution in [1.82, 2.24) is 0 Å². The summed E-state index contributed by atoms with van der Waals surface area (Å²) < 4.78 is 32.1. The van der Waals surface area contributed by atoms with E-state index in [1.54, 1.807) is 24.3 Å². The van der Waals surface area contributed by atoms with E-state index in [-0.39, 0.29) is 11.7 Å². The van der Waals surface area contributed by atoms with Crippen LogP contribution in [0.1, 0.15) is 31.1 Å². The van der Waals surface area contributed by atoms with Gasteiger partial charge in [0.1, 0.15) is 23.5 Å². The van der Waals surface area contributed by atoms with Crippen LogP contribution in [0.5, 0.6) is 5.75 Å². The number of para-hydroxylation sites is 1. The van der Waals surface area contributed by atoms with Gasteiger partial charge in [-0.2, -0.15) is 0 Å². The molecule has 2 nitrogen and oxygen atoms in total. The highest BCUT2D eigenvalue weighted by atomic mass is 19.1. The third-order valence-corrected chi connectivity index (χ3v) is 2.78. The van der Waals surface area contributed by atoms with E-state index in [0.717, 1.165) is 18.2 Å². The minimum Gasteiger partial charge on any atom is -0.491 e. The van der Waals surface area contributed by atoms with Crippen LogP contribution >= 0.6 is 0 Å². The van der Waals surface area contributed by atoms with Crippen LogP contribution in [-0.4, -0.2) is 11.2 Å². The summed E-state index contributed by atoms with van der Waals surface area (Å²) in [6.07, 6.45) is -1.21. The second-order valence-corrected chi connectivity index (χ2v) is 4.81. The molecule has 0 saturated carbocycles. The zero-order chi connectivity index (χ0) is 14.7. The maximum atomic E-state index is 13.2. The number of halogens is 2. The van der Waals surface area contributed by atoms with Crippen molar-refractivity contribution >= 4 is 0 Å². The first-order valence-electron chi connectivity index (χ1n) is 6.37. The SMILES string of the molecule is CC(C)Oc1ccccc1C(O)c1cc(F)cc(F)c1. The molecule has 0 heterocycles. The quantitative estimate of drug-likeness (QED) is 0.921. The third-order valence-electron chi connectivity index (χ3n) is 2.78. The van der Waals surface area contributed by atoms with E-state index in [1.165, 1.54) is 0 Å². The fraction of sp³-hybridized carbons (Fsp3) is 0.250. The predicted octanol–water partition coefficient (Wildman–Crippen LogP) is 3.83. The second-order valence-electron chi connectivity index (χ2n) is 4.81. The number of rotatable bonds is 4. The number of ether oxygens (including phenoxy) is 1.